The minimum atomic E-state index is -0.434. The molecule has 0 aliphatic heterocycles. The quantitative estimate of drug-likeness (QED) is 0.868. The number of hydrogen-bond donors (Lipinski definition) is 2. The molecule has 0 radical (unpaired) electrons. The van der Waals surface area contributed by atoms with Gasteiger partial charge in [-0.2, -0.15) is 0 Å². The van der Waals surface area contributed by atoms with Crippen molar-refractivity contribution in [3.8, 4) is 11.8 Å². The fraction of sp³-hybridized carbons (Fsp3) is 0.385. The predicted octanol–water partition coefficient (Wildman–Crippen LogP) is 2.30. The number of aromatic amines is 1. The SMILES string of the molecule is Cc1cc(Oc2nccc(CNC3CC3)c2F)n[nH]1. The fourth-order valence-electron chi connectivity index (χ4n) is 1.76. The molecule has 0 aromatic carbocycles. The van der Waals surface area contributed by atoms with Crippen LogP contribution in [0.5, 0.6) is 11.8 Å². The van der Waals surface area contributed by atoms with E-state index in [0.29, 0.717) is 24.0 Å². The highest BCUT2D eigenvalue weighted by atomic mass is 19.1. The average Bonchev–Trinajstić information content (AvgIpc) is 3.13. The first-order valence-corrected chi connectivity index (χ1v) is 6.29. The number of rotatable bonds is 5. The summed E-state index contributed by atoms with van der Waals surface area (Å²) < 4.78 is 19.5. The molecule has 1 saturated carbocycles. The van der Waals surface area contributed by atoms with Crippen LogP contribution in [0.3, 0.4) is 0 Å². The van der Waals surface area contributed by atoms with Crippen molar-refractivity contribution in [2.75, 3.05) is 0 Å². The fourth-order valence-corrected chi connectivity index (χ4v) is 1.76. The molecule has 0 saturated heterocycles. The second-order valence-corrected chi connectivity index (χ2v) is 4.74. The number of halogens is 1. The zero-order chi connectivity index (χ0) is 13.2. The van der Waals surface area contributed by atoms with E-state index >= 15 is 0 Å². The van der Waals surface area contributed by atoms with Gasteiger partial charge in [0.15, 0.2) is 5.82 Å². The standard InChI is InChI=1S/C13H15FN4O/c1-8-6-11(18-17-8)19-13-12(14)9(4-5-15-13)7-16-10-2-3-10/h4-6,10,16H,2-3,7H2,1H3,(H,17,18). The van der Waals surface area contributed by atoms with Gasteiger partial charge in [-0.15, -0.1) is 5.10 Å². The summed E-state index contributed by atoms with van der Waals surface area (Å²) >= 11 is 0. The topological polar surface area (TPSA) is 62.8 Å². The molecule has 2 heterocycles. The largest absolute Gasteiger partial charge is 0.416 e. The third-order valence-corrected chi connectivity index (χ3v) is 2.98. The van der Waals surface area contributed by atoms with Crippen LogP contribution < -0.4 is 10.1 Å². The molecular formula is C13H15FN4O. The van der Waals surface area contributed by atoms with E-state index in [1.807, 2.05) is 6.92 Å². The maximum absolute atomic E-state index is 14.2. The lowest BCUT2D eigenvalue weighted by Gasteiger charge is -2.07. The average molecular weight is 262 g/mol. The normalized spacial score (nSPS) is 14.6. The van der Waals surface area contributed by atoms with Crippen LogP contribution in [-0.2, 0) is 6.54 Å². The van der Waals surface area contributed by atoms with Crippen LogP contribution >= 0.6 is 0 Å². The monoisotopic (exact) mass is 262 g/mol. The van der Waals surface area contributed by atoms with Gasteiger partial charge in [0.1, 0.15) is 0 Å². The number of aromatic nitrogens is 3. The lowest BCUT2D eigenvalue weighted by atomic mass is 10.2. The maximum atomic E-state index is 14.2. The molecule has 0 spiro atoms. The number of ether oxygens (including phenoxy) is 1. The highest BCUT2D eigenvalue weighted by Crippen LogP contribution is 2.24. The Bertz CT molecular complexity index is 580. The van der Waals surface area contributed by atoms with E-state index in [0.717, 1.165) is 5.69 Å². The van der Waals surface area contributed by atoms with Crippen LogP contribution in [-0.4, -0.2) is 21.2 Å². The highest BCUT2D eigenvalue weighted by Gasteiger charge is 2.21. The molecule has 1 aliphatic carbocycles. The summed E-state index contributed by atoms with van der Waals surface area (Å²) in [5.74, 6) is -0.158. The number of aryl methyl sites for hydroxylation is 1. The Labute approximate surface area is 110 Å². The van der Waals surface area contributed by atoms with E-state index in [2.05, 4.69) is 20.5 Å². The Morgan fingerprint density at radius 1 is 1.53 bits per heavy atom. The van der Waals surface area contributed by atoms with Gasteiger partial charge in [-0.1, -0.05) is 0 Å². The number of H-pyrrole nitrogens is 1. The van der Waals surface area contributed by atoms with Crippen molar-refractivity contribution < 1.29 is 9.13 Å². The number of hydrogen-bond acceptors (Lipinski definition) is 4. The van der Waals surface area contributed by atoms with Crippen molar-refractivity contribution >= 4 is 0 Å². The second-order valence-electron chi connectivity index (χ2n) is 4.74. The minimum Gasteiger partial charge on any atom is -0.416 e. The Morgan fingerprint density at radius 2 is 2.37 bits per heavy atom. The van der Waals surface area contributed by atoms with E-state index in [1.54, 1.807) is 18.3 Å². The second kappa shape index (κ2) is 4.97. The molecule has 1 aliphatic rings. The summed E-state index contributed by atoms with van der Waals surface area (Å²) in [7, 11) is 0. The van der Waals surface area contributed by atoms with Crippen LogP contribution in [0.25, 0.3) is 0 Å². The molecule has 5 nitrogen and oxygen atoms in total. The van der Waals surface area contributed by atoms with Gasteiger partial charge in [0.2, 0.25) is 5.88 Å². The minimum absolute atomic E-state index is 0.0402. The lowest BCUT2D eigenvalue weighted by Crippen LogP contribution is -2.16. The predicted molar refractivity (Wildman–Crippen MR) is 67.5 cm³/mol. The van der Waals surface area contributed by atoms with Crippen molar-refractivity contribution in [2.45, 2.75) is 32.4 Å². The number of nitrogens with zero attached hydrogens (tertiary/aromatic N) is 2. The van der Waals surface area contributed by atoms with Crippen LogP contribution in [0.4, 0.5) is 4.39 Å². The van der Waals surface area contributed by atoms with Gasteiger partial charge in [0.05, 0.1) is 0 Å². The first-order valence-electron chi connectivity index (χ1n) is 6.29. The Hall–Kier alpha value is -1.95. The summed E-state index contributed by atoms with van der Waals surface area (Å²) in [5, 5.41) is 9.89. The van der Waals surface area contributed by atoms with Crippen molar-refractivity contribution in [1.29, 1.82) is 0 Å². The van der Waals surface area contributed by atoms with Gasteiger partial charge in [0, 0.05) is 36.1 Å². The smallest absolute Gasteiger partial charge is 0.257 e. The molecule has 1 fully saturated rings. The summed E-state index contributed by atoms with van der Waals surface area (Å²) in [6.07, 6.45) is 3.88. The zero-order valence-electron chi connectivity index (χ0n) is 10.6. The van der Waals surface area contributed by atoms with E-state index in [4.69, 9.17) is 4.74 Å². The van der Waals surface area contributed by atoms with Crippen LogP contribution in [0.2, 0.25) is 0 Å². The maximum Gasteiger partial charge on any atom is 0.257 e. The molecule has 2 N–H and O–H groups in total. The first kappa shape index (κ1) is 12.1. The Kier molecular flexibility index (Phi) is 3.16. The number of pyridine rings is 1. The molecule has 2 aromatic rings. The van der Waals surface area contributed by atoms with Gasteiger partial charge in [-0.25, -0.2) is 9.37 Å². The van der Waals surface area contributed by atoms with E-state index in [9.17, 15) is 4.39 Å². The molecule has 19 heavy (non-hydrogen) atoms. The van der Waals surface area contributed by atoms with Crippen LogP contribution in [0.1, 0.15) is 24.1 Å². The summed E-state index contributed by atoms with van der Waals surface area (Å²) in [6.45, 7) is 2.34. The molecule has 0 amide bonds. The first-order chi connectivity index (χ1) is 9.22. The molecule has 6 heteroatoms. The van der Waals surface area contributed by atoms with Gasteiger partial charge in [-0.3, -0.25) is 5.10 Å². The third-order valence-electron chi connectivity index (χ3n) is 2.98. The van der Waals surface area contributed by atoms with E-state index < -0.39 is 5.82 Å². The summed E-state index contributed by atoms with van der Waals surface area (Å²) in [4.78, 5) is 3.91. The molecule has 0 atom stereocenters. The molecule has 3 rings (SSSR count). The zero-order valence-corrected chi connectivity index (χ0v) is 10.6. The lowest BCUT2D eigenvalue weighted by molar-refractivity contribution is 0.403. The van der Waals surface area contributed by atoms with E-state index in [-0.39, 0.29) is 5.88 Å². The third kappa shape index (κ3) is 2.90. The summed E-state index contributed by atoms with van der Waals surface area (Å²) in [6, 6.07) is 3.88. The summed E-state index contributed by atoms with van der Waals surface area (Å²) in [5.41, 5.74) is 1.41. The molecular weight excluding hydrogens is 247 g/mol. The van der Waals surface area contributed by atoms with Gasteiger partial charge < -0.3 is 10.1 Å². The number of nitrogens with one attached hydrogen (secondary N) is 2. The Balaban J connectivity index is 1.74. The van der Waals surface area contributed by atoms with Gasteiger partial charge in [-0.05, 0) is 25.8 Å². The van der Waals surface area contributed by atoms with Crippen molar-refractivity contribution in [2.24, 2.45) is 0 Å². The Morgan fingerprint density at radius 3 is 3.05 bits per heavy atom. The van der Waals surface area contributed by atoms with Crippen molar-refractivity contribution in [3.05, 3.63) is 35.4 Å². The van der Waals surface area contributed by atoms with Crippen molar-refractivity contribution in [1.82, 2.24) is 20.5 Å². The van der Waals surface area contributed by atoms with Gasteiger partial charge >= 0.3 is 0 Å². The van der Waals surface area contributed by atoms with Gasteiger partial charge in [0.25, 0.3) is 5.88 Å². The molecule has 2 aromatic heterocycles. The van der Waals surface area contributed by atoms with E-state index in [1.165, 1.54) is 12.8 Å². The molecule has 0 unspecified atom stereocenters. The molecule has 100 valence electrons. The van der Waals surface area contributed by atoms with Crippen LogP contribution in [0, 0.1) is 12.7 Å². The molecule has 0 bridgehead atoms. The van der Waals surface area contributed by atoms with Crippen LogP contribution in [0.15, 0.2) is 18.3 Å². The highest BCUT2D eigenvalue weighted by molar-refractivity contribution is 5.27. The van der Waals surface area contributed by atoms with Crippen molar-refractivity contribution in [3.63, 3.8) is 0 Å².